The fourth-order valence-electron chi connectivity index (χ4n) is 1.50. The van der Waals surface area contributed by atoms with Crippen molar-refractivity contribution in [2.75, 3.05) is 19.0 Å². The Bertz CT molecular complexity index is 335. The van der Waals surface area contributed by atoms with Crippen LogP contribution in [-0.2, 0) is 4.74 Å². The van der Waals surface area contributed by atoms with E-state index in [4.69, 9.17) is 9.47 Å². The van der Waals surface area contributed by atoms with Gasteiger partial charge in [0.1, 0.15) is 5.44 Å². The van der Waals surface area contributed by atoms with Crippen molar-refractivity contribution in [1.82, 2.24) is 0 Å². The number of rotatable bonds is 3. The molecule has 0 saturated carbocycles. The van der Waals surface area contributed by atoms with Crippen LogP contribution in [0.2, 0.25) is 0 Å². The third-order valence-corrected chi connectivity index (χ3v) is 3.29. The van der Waals surface area contributed by atoms with E-state index in [-0.39, 0.29) is 11.2 Å². The second-order valence-corrected chi connectivity index (χ2v) is 4.40. The van der Waals surface area contributed by atoms with Crippen LogP contribution in [0.15, 0.2) is 18.2 Å². The van der Waals surface area contributed by atoms with Gasteiger partial charge in [0, 0.05) is 5.75 Å². The van der Waals surface area contributed by atoms with Crippen LogP contribution in [0.25, 0.3) is 0 Å². The van der Waals surface area contributed by atoms with Gasteiger partial charge in [-0.3, -0.25) is 0 Å². The predicted molar refractivity (Wildman–Crippen MR) is 60.4 cm³/mol. The van der Waals surface area contributed by atoms with Crippen LogP contribution in [0.4, 0.5) is 0 Å². The quantitative estimate of drug-likeness (QED) is 0.859. The molecule has 4 heteroatoms. The van der Waals surface area contributed by atoms with Crippen LogP contribution in [0.1, 0.15) is 17.9 Å². The van der Waals surface area contributed by atoms with E-state index in [0.29, 0.717) is 12.4 Å². The Kier molecular flexibility index (Phi) is 3.38. The molecule has 1 heterocycles. The van der Waals surface area contributed by atoms with Gasteiger partial charge in [-0.25, -0.2) is 0 Å². The maximum Gasteiger partial charge on any atom is 0.161 e. The zero-order valence-corrected chi connectivity index (χ0v) is 9.42. The first-order valence-corrected chi connectivity index (χ1v) is 6.05. The minimum Gasteiger partial charge on any atom is -0.504 e. The molecule has 1 saturated heterocycles. The highest BCUT2D eigenvalue weighted by Crippen LogP contribution is 2.38. The van der Waals surface area contributed by atoms with E-state index >= 15 is 0 Å². The lowest BCUT2D eigenvalue weighted by Crippen LogP contribution is -1.96. The van der Waals surface area contributed by atoms with Crippen LogP contribution in [0.3, 0.4) is 0 Å². The van der Waals surface area contributed by atoms with Crippen molar-refractivity contribution < 1.29 is 14.6 Å². The summed E-state index contributed by atoms with van der Waals surface area (Å²) in [5.74, 6) is 1.74. The van der Waals surface area contributed by atoms with Gasteiger partial charge in [-0.15, -0.1) is 11.8 Å². The molecule has 1 N–H and O–H groups in total. The SMILES string of the molecule is CCOc1cc(C2OCCS2)ccc1O. The van der Waals surface area contributed by atoms with Crippen molar-refractivity contribution in [3.63, 3.8) is 0 Å². The van der Waals surface area contributed by atoms with E-state index in [0.717, 1.165) is 17.9 Å². The molecule has 82 valence electrons. The van der Waals surface area contributed by atoms with Crippen LogP contribution in [0.5, 0.6) is 11.5 Å². The Morgan fingerprint density at radius 2 is 2.47 bits per heavy atom. The molecule has 0 radical (unpaired) electrons. The smallest absolute Gasteiger partial charge is 0.161 e. The largest absolute Gasteiger partial charge is 0.504 e. The summed E-state index contributed by atoms with van der Waals surface area (Å²) in [7, 11) is 0. The molecule has 0 amide bonds. The van der Waals surface area contributed by atoms with Crippen molar-refractivity contribution in [2.45, 2.75) is 12.4 Å². The Labute approximate surface area is 93.4 Å². The van der Waals surface area contributed by atoms with Crippen molar-refractivity contribution in [3.8, 4) is 11.5 Å². The van der Waals surface area contributed by atoms with Crippen LogP contribution in [-0.4, -0.2) is 24.1 Å². The second-order valence-electron chi connectivity index (χ2n) is 3.23. The van der Waals surface area contributed by atoms with Crippen LogP contribution < -0.4 is 4.74 Å². The molecule has 1 aromatic carbocycles. The maximum absolute atomic E-state index is 9.54. The Morgan fingerprint density at radius 1 is 1.60 bits per heavy atom. The molecule has 15 heavy (non-hydrogen) atoms. The molecule has 0 spiro atoms. The average molecular weight is 226 g/mol. The second kappa shape index (κ2) is 4.77. The zero-order chi connectivity index (χ0) is 10.7. The van der Waals surface area contributed by atoms with Gasteiger partial charge >= 0.3 is 0 Å². The fourth-order valence-corrected chi connectivity index (χ4v) is 2.44. The molecular weight excluding hydrogens is 212 g/mol. The number of phenols is 1. The van der Waals surface area contributed by atoms with Gasteiger partial charge in [-0.1, -0.05) is 6.07 Å². The molecule has 0 aromatic heterocycles. The van der Waals surface area contributed by atoms with Crippen molar-refractivity contribution in [3.05, 3.63) is 23.8 Å². The summed E-state index contributed by atoms with van der Waals surface area (Å²) >= 11 is 1.77. The molecule has 1 unspecified atom stereocenters. The van der Waals surface area contributed by atoms with Gasteiger partial charge in [0.05, 0.1) is 13.2 Å². The van der Waals surface area contributed by atoms with Crippen LogP contribution >= 0.6 is 11.8 Å². The third-order valence-electron chi connectivity index (χ3n) is 2.18. The first-order valence-electron chi connectivity index (χ1n) is 5.00. The van der Waals surface area contributed by atoms with Gasteiger partial charge in [-0.05, 0) is 24.6 Å². The third kappa shape index (κ3) is 2.38. The lowest BCUT2D eigenvalue weighted by atomic mass is 10.2. The molecule has 2 rings (SSSR count). The standard InChI is InChI=1S/C11H14O3S/c1-2-13-10-7-8(3-4-9(10)12)11-14-5-6-15-11/h3-4,7,11-12H,2,5-6H2,1H3. The highest BCUT2D eigenvalue weighted by molar-refractivity contribution is 7.99. The number of hydrogen-bond acceptors (Lipinski definition) is 4. The Balaban J connectivity index is 2.21. The molecule has 0 aliphatic carbocycles. The molecule has 1 aromatic rings. The summed E-state index contributed by atoms with van der Waals surface area (Å²) in [6.07, 6.45) is 0. The van der Waals surface area contributed by atoms with E-state index in [9.17, 15) is 5.11 Å². The van der Waals surface area contributed by atoms with Gasteiger partial charge in [-0.2, -0.15) is 0 Å². The zero-order valence-electron chi connectivity index (χ0n) is 8.60. The topological polar surface area (TPSA) is 38.7 Å². The monoisotopic (exact) mass is 226 g/mol. The maximum atomic E-state index is 9.54. The molecular formula is C11H14O3S. The minimum absolute atomic E-state index is 0.0878. The number of hydrogen-bond donors (Lipinski definition) is 1. The normalized spacial score (nSPS) is 20.5. The van der Waals surface area contributed by atoms with Gasteiger partial charge in [0.25, 0.3) is 0 Å². The summed E-state index contributed by atoms with van der Waals surface area (Å²) in [5, 5.41) is 9.54. The summed E-state index contributed by atoms with van der Waals surface area (Å²) in [5.41, 5.74) is 1.14. The highest BCUT2D eigenvalue weighted by Gasteiger charge is 2.19. The number of aromatic hydroxyl groups is 1. The van der Waals surface area contributed by atoms with Crippen molar-refractivity contribution in [2.24, 2.45) is 0 Å². The van der Waals surface area contributed by atoms with E-state index in [1.54, 1.807) is 17.8 Å². The van der Waals surface area contributed by atoms with Gasteiger partial charge in [0.2, 0.25) is 0 Å². The number of benzene rings is 1. The number of phenolic OH excluding ortho intramolecular Hbond substituents is 1. The van der Waals surface area contributed by atoms with Gasteiger partial charge in [0.15, 0.2) is 11.5 Å². The van der Waals surface area contributed by atoms with E-state index in [1.165, 1.54) is 0 Å². The molecule has 1 aliphatic heterocycles. The van der Waals surface area contributed by atoms with E-state index in [2.05, 4.69) is 0 Å². The molecule has 3 nitrogen and oxygen atoms in total. The first-order chi connectivity index (χ1) is 7.31. The molecule has 1 aliphatic rings. The minimum atomic E-state index is 0.0878. The Hall–Kier alpha value is -0.870. The number of ether oxygens (including phenoxy) is 2. The summed E-state index contributed by atoms with van der Waals surface area (Å²) in [4.78, 5) is 0. The van der Waals surface area contributed by atoms with Crippen molar-refractivity contribution >= 4 is 11.8 Å². The lowest BCUT2D eigenvalue weighted by Gasteiger charge is -2.12. The first kappa shape index (κ1) is 10.6. The van der Waals surface area contributed by atoms with Crippen molar-refractivity contribution in [1.29, 1.82) is 0 Å². The predicted octanol–water partition coefficient (Wildman–Crippen LogP) is 2.55. The molecule has 1 atom stereocenters. The average Bonchev–Trinajstić information content (AvgIpc) is 2.75. The highest BCUT2D eigenvalue weighted by atomic mass is 32.2. The van der Waals surface area contributed by atoms with Crippen LogP contribution in [0, 0.1) is 0 Å². The lowest BCUT2D eigenvalue weighted by molar-refractivity contribution is 0.144. The summed E-state index contributed by atoms with van der Waals surface area (Å²) in [6, 6.07) is 5.38. The Morgan fingerprint density at radius 3 is 3.13 bits per heavy atom. The number of thioether (sulfide) groups is 1. The summed E-state index contributed by atoms with van der Waals surface area (Å²) < 4.78 is 10.9. The van der Waals surface area contributed by atoms with E-state index in [1.807, 2.05) is 19.1 Å². The molecule has 1 fully saturated rings. The summed E-state index contributed by atoms with van der Waals surface area (Å²) in [6.45, 7) is 3.24. The fraction of sp³-hybridized carbons (Fsp3) is 0.455. The molecule has 0 bridgehead atoms. The van der Waals surface area contributed by atoms with Gasteiger partial charge < -0.3 is 14.6 Å². The van der Waals surface area contributed by atoms with E-state index < -0.39 is 0 Å².